The first-order valence-corrected chi connectivity index (χ1v) is 14.9. The van der Waals surface area contributed by atoms with Crippen molar-refractivity contribution in [1.29, 1.82) is 0 Å². The standard InChI is InChI=1S/C23H32N8S.C3H3N3OS/c1-6-16(4)12-29(7-2)15-19-9-21(32-28-19)27-22-23-24-11-20(31(23)13-17(5)26-22)18-10-25-30(8-3)14-18;7-1-4-3-6-5-2-8-3/h9-11,13-14,16H,6-8,12,15H2,1-5H3,(H,26,27);1-2H,(H,4,6,7). The molecule has 0 aromatic carbocycles. The van der Waals surface area contributed by atoms with Crippen LogP contribution in [0.5, 0.6) is 0 Å². The Morgan fingerprint density at radius 3 is 2.73 bits per heavy atom. The number of hydrogen-bond donors (Lipinski definition) is 2. The molecule has 212 valence electrons. The van der Waals surface area contributed by atoms with E-state index in [1.807, 2.05) is 36.4 Å². The van der Waals surface area contributed by atoms with Crippen LogP contribution in [0.4, 0.5) is 16.0 Å². The Morgan fingerprint density at radius 2 is 2.05 bits per heavy atom. The number of fused-ring (bicyclic) bond motifs is 1. The average molecular weight is 582 g/mol. The summed E-state index contributed by atoms with van der Waals surface area (Å²) in [6.45, 7) is 14.7. The average Bonchev–Trinajstić information content (AvgIpc) is 3.76. The molecular weight excluding hydrogens is 546 g/mol. The third kappa shape index (κ3) is 7.46. The molecule has 1 unspecified atom stereocenters. The number of anilines is 3. The van der Waals surface area contributed by atoms with Gasteiger partial charge in [0, 0.05) is 37.6 Å². The summed E-state index contributed by atoms with van der Waals surface area (Å²) in [6.07, 6.45) is 9.58. The van der Waals surface area contributed by atoms with Gasteiger partial charge in [-0.25, -0.2) is 9.97 Å². The van der Waals surface area contributed by atoms with Crippen LogP contribution in [0.15, 0.2) is 36.4 Å². The van der Waals surface area contributed by atoms with Gasteiger partial charge in [0.05, 0.1) is 29.5 Å². The van der Waals surface area contributed by atoms with Crippen LogP contribution in [0.25, 0.3) is 16.9 Å². The molecule has 5 rings (SSSR count). The third-order valence-electron chi connectivity index (χ3n) is 6.31. The summed E-state index contributed by atoms with van der Waals surface area (Å²) in [5.74, 6) is 1.43. The lowest BCUT2D eigenvalue weighted by Crippen LogP contribution is -2.27. The zero-order valence-corrected chi connectivity index (χ0v) is 25.0. The Morgan fingerprint density at radius 1 is 1.20 bits per heavy atom. The Balaban J connectivity index is 0.000000398. The molecule has 0 aliphatic rings. The Bertz CT molecular complexity index is 1490. The summed E-state index contributed by atoms with van der Waals surface area (Å²) >= 11 is 2.75. The van der Waals surface area contributed by atoms with E-state index >= 15 is 0 Å². The highest BCUT2D eigenvalue weighted by Crippen LogP contribution is 2.28. The van der Waals surface area contributed by atoms with Crippen LogP contribution in [0.2, 0.25) is 0 Å². The molecule has 0 saturated heterocycles. The van der Waals surface area contributed by atoms with Crippen LogP contribution >= 0.6 is 22.9 Å². The van der Waals surface area contributed by atoms with E-state index in [0.717, 1.165) is 65.3 Å². The number of carbonyl (C=O) groups is 1. The van der Waals surface area contributed by atoms with E-state index < -0.39 is 0 Å². The number of imidazole rings is 1. The minimum atomic E-state index is 0.528. The van der Waals surface area contributed by atoms with Gasteiger partial charge >= 0.3 is 0 Å². The van der Waals surface area contributed by atoms with Gasteiger partial charge < -0.3 is 10.6 Å². The lowest BCUT2D eigenvalue weighted by molar-refractivity contribution is -0.105. The van der Waals surface area contributed by atoms with E-state index in [4.69, 9.17) is 4.98 Å². The van der Waals surface area contributed by atoms with Crippen molar-refractivity contribution < 1.29 is 4.79 Å². The fourth-order valence-corrected chi connectivity index (χ4v) is 5.09. The van der Waals surface area contributed by atoms with Gasteiger partial charge in [-0.05, 0) is 43.9 Å². The van der Waals surface area contributed by atoms with Gasteiger partial charge in [0.15, 0.2) is 11.5 Å². The summed E-state index contributed by atoms with van der Waals surface area (Å²) < 4.78 is 8.67. The van der Waals surface area contributed by atoms with E-state index in [9.17, 15) is 4.79 Å². The molecule has 5 aromatic rings. The molecule has 40 heavy (non-hydrogen) atoms. The number of nitrogens with one attached hydrogen (secondary N) is 2. The third-order valence-corrected chi connectivity index (χ3v) is 7.67. The van der Waals surface area contributed by atoms with Crippen molar-refractivity contribution in [3.63, 3.8) is 0 Å². The first-order chi connectivity index (χ1) is 19.4. The van der Waals surface area contributed by atoms with Crippen molar-refractivity contribution in [2.75, 3.05) is 23.7 Å². The Labute approximate surface area is 241 Å². The fraction of sp³-hybridized carbons (Fsp3) is 0.423. The van der Waals surface area contributed by atoms with E-state index in [1.165, 1.54) is 29.3 Å². The lowest BCUT2D eigenvalue weighted by Gasteiger charge is -2.22. The zero-order chi connectivity index (χ0) is 28.5. The molecule has 0 bridgehead atoms. The summed E-state index contributed by atoms with van der Waals surface area (Å²) in [6, 6.07) is 2.12. The normalized spacial score (nSPS) is 11.8. The molecule has 0 fully saturated rings. The maximum absolute atomic E-state index is 9.70. The second-order valence-electron chi connectivity index (χ2n) is 9.31. The number of hydrogen-bond acceptors (Lipinski definition) is 11. The van der Waals surface area contributed by atoms with Crippen LogP contribution in [0, 0.1) is 12.8 Å². The zero-order valence-electron chi connectivity index (χ0n) is 23.4. The summed E-state index contributed by atoms with van der Waals surface area (Å²) in [7, 11) is 0. The van der Waals surface area contributed by atoms with E-state index in [1.54, 1.807) is 5.51 Å². The van der Waals surface area contributed by atoms with Crippen molar-refractivity contribution in [2.45, 2.75) is 54.1 Å². The van der Waals surface area contributed by atoms with Crippen LogP contribution in [0.1, 0.15) is 45.5 Å². The number of aryl methyl sites for hydroxylation is 2. The highest BCUT2D eigenvalue weighted by molar-refractivity contribution is 7.13. The van der Waals surface area contributed by atoms with E-state index in [0.29, 0.717) is 17.5 Å². The number of aromatic nitrogens is 8. The van der Waals surface area contributed by atoms with Crippen LogP contribution in [-0.4, -0.2) is 63.1 Å². The predicted octanol–water partition coefficient (Wildman–Crippen LogP) is 5.10. The van der Waals surface area contributed by atoms with E-state index in [-0.39, 0.29) is 0 Å². The smallest absolute Gasteiger partial charge is 0.213 e. The van der Waals surface area contributed by atoms with E-state index in [2.05, 4.69) is 78.3 Å². The van der Waals surface area contributed by atoms with Crippen LogP contribution in [-0.2, 0) is 17.9 Å². The van der Waals surface area contributed by atoms with Crippen molar-refractivity contribution in [3.05, 3.63) is 47.8 Å². The molecule has 0 radical (unpaired) electrons. The summed E-state index contributed by atoms with van der Waals surface area (Å²) in [4.78, 5) is 21.5. The molecule has 0 aliphatic heterocycles. The molecule has 2 N–H and O–H groups in total. The molecular formula is C26H35N11OS2. The highest BCUT2D eigenvalue weighted by atomic mass is 32.1. The maximum Gasteiger partial charge on any atom is 0.213 e. The Hall–Kier alpha value is -3.75. The van der Waals surface area contributed by atoms with Crippen molar-refractivity contribution in [3.8, 4) is 11.3 Å². The van der Waals surface area contributed by atoms with Crippen molar-refractivity contribution in [1.82, 2.24) is 43.6 Å². The molecule has 14 heteroatoms. The lowest BCUT2D eigenvalue weighted by atomic mass is 10.1. The number of carbonyl (C=O) groups excluding carboxylic acids is 1. The van der Waals surface area contributed by atoms with Gasteiger partial charge in [-0.1, -0.05) is 38.5 Å². The first-order valence-electron chi connectivity index (χ1n) is 13.2. The maximum atomic E-state index is 9.70. The van der Waals surface area contributed by atoms with Crippen LogP contribution in [0.3, 0.4) is 0 Å². The van der Waals surface area contributed by atoms with Gasteiger partial charge in [-0.3, -0.25) is 18.8 Å². The van der Waals surface area contributed by atoms with Gasteiger partial charge in [0.2, 0.25) is 11.5 Å². The summed E-state index contributed by atoms with van der Waals surface area (Å²) in [5, 5.41) is 18.7. The van der Waals surface area contributed by atoms with Gasteiger partial charge in [0.25, 0.3) is 0 Å². The van der Waals surface area contributed by atoms with Gasteiger partial charge in [-0.2, -0.15) is 9.47 Å². The SMILES string of the molecule is CCC(C)CN(CC)Cc1cc(Nc2nc(C)cn3c(-c4cnn(CC)c4)cnc23)sn1.O=CNc1nncs1. The Kier molecular flexibility index (Phi) is 10.3. The predicted molar refractivity (Wildman–Crippen MR) is 160 cm³/mol. The van der Waals surface area contributed by atoms with Gasteiger partial charge in [-0.15, -0.1) is 10.2 Å². The fourth-order valence-electron chi connectivity index (χ4n) is 4.03. The molecule has 0 aliphatic carbocycles. The topological polar surface area (TPSA) is 131 Å². The molecule has 5 aromatic heterocycles. The molecule has 0 spiro atoms. The molecule has 1 amide bonds. The minimum absolute atomic E-state index is 0.528. The number of nitrogens with zero attached hydrogens (tertiary/aromatic N) is 9. The van der Waals surface area contributed by atoms with Crippen molar-refractivity contribution >= 4 is 50.9 Å². The molecule has 12 nitrogen and oxygen atoms in total. The monoisotopic (exact) mass is 581 g/mol. The van der Waals surface area contributed by atoms with Crippen LogP contribution < -0.4 is 10.6 Å². The first kappa shape index (κ1) is 29.2. The minimum Gasteiger partial charge on any atom is -0.328 e. The molecule has 5 heterocycles. The quantitative estimate of drug-likeness (QED) is 0.193. The highest BCUT2D eigenvalue weighted by Gasteiger charge is 2.15. The number of rotatable bonds is 12. The summed E-state index contributed by atoms with van der Waals surface area (Å²) in [5.41, 5.74) is 6.38. The largest absolute Gasteiger partial charge is 0.328 e. The molecule has 1 atom stereocenters. The number of amides is 1. The second kappa shape index (κ2) is 14.1. The van der Waals surface area contributed by atoms with Gasteiger partial charge in [0.1, 0.15) is 10.5 Å². The second-order valence-corrected chi connectivity index (χ2v) is 10.9. The van der Waals surface area contributed by atoms with Crippen molar-refractivity contribution in [2.24, 2.45) is 5.92 Å². The molecule has 0 saturated carbocycles.